The molecule has 0 radical (unpaired) electrons. The van der Waals surface area contributed by atoms with Crippen LogP contribution in [0.15, 0.2) is 29.2 Å². The number of hydrogen-bond acceptors (Lipinski definition) is 4. The third-order valence-electron chi connectivity index (χ3n) is 4.16. The molecule has 1 heterocycles. The van der Waals surface area contributed by atoms with Crippen LogP contribution < -0.4 is 5.32 Å². The zero-order valence-electron chi connectivity index (χ0n) is 12.3. The zero-order chi connectivity index (χ0) is 14.7. The Morgan fingerprint density at radius 3 is 2.90 bits per heavy atom. The summed E-state index contributed by atoms with van der Waals surface area (Å²) < 4.78 is 11.8. The minimum absolute atomic E-state index is 0.345. The summed E-state index contributed by atoms with van der Waals surface area (Å²) in [6, 6.07) is 8.58. The van der Waals surface area contributed by atoms with Crippen LogP contribution in [0.25, 0.3) is 0 Å². The molecule has 1 aliphatic carbocycles. The Bertz CT molecular complexity index is 479. The summed E-state index contributed by atoms with van der Waals surface area (Å²) in [5, 5.41) is 4.84. The van der Waals surface area contributed by atoms with E-state index in [1.807, 2.05) is 30.0 Å². The predicted molar refractivity (Wildman–Crippen MR) is 87.0 cm³/mol. The SMILES string of the molecule is CCNC1CCC2(CC1Sc1cccc(Cl)c1)OCCO2. The van der Waals surface area contributed by atoms with E-state index in [9.17, 15) is 0 Å². The standard InChI is InChI=1S/C16H22ClNO2S/c1-2-18-14-6-7-16(19-8-9-20-16)11-15(14)21-13-5-3-4-12(17)10-13/h3-5,10,14-15,18H,2,6-9,11H2,1H3. The average molecular weight is 328 g/mol. The van der Waals surface area contributed by atoms with Crippen LogP contribution in [0.1, 0.15) is 26.2 Å². The molecule has 0 aromatic heterocycles. The highest BCUT2D eigenvalue weighted by atomic mass is 35.5. The number of halogens is 1. The molecule has 1 saturated carbocycles. The molecule has 2 atom stereocenters. The van der Waals surface area contributed by atoms with Crippen molar-refractivity contribution in [2.24, 2.45) is 0 Å². The van der Waals surface area contributed by atoms with Crippen LogP contribution in [-0.2, 0) is 9.47 Å². The molecule has 1 aromatic carbocycles. The van der Waals surface area contributed by atoms with E-state index >= 15 is 0 Å². The molecule has 1 N–H and O–H groups in total. The smallest absolute Gasteiger partial charge is 0.169 e. The van der Waals surface area contributed by atoms with Gasteiger partial charge in [-0.3, -0.25) is 0 Å². The highest BCUT2D eigenvalue weighted by Gasteiger charge is 2.45. The molecule has 0 amide bonds. The Kier molecular flexibility index (Phi) is 5.12. The van der Waals surface area contributed by atoms with Gasteiger partial charge < -0.3 is 14.8 Å². The first-order valence-corrected chi connectivity index (χ1v) is 8.90. The lowest BCUT2D eigenvalue weighted by Crippen LogP contribution is -2.49. The normalized spacial score (nSPS) is 28.1. The van der Waals surface area contributed by atoms with Crippen LogP contribution in [0, 0.1) is 0 Å². The summed E-state index contributed by atoms with van der Waals surface area (Å²) in [5.41, 5.74) is 0. The minimum Gasteiger partial charge on any atom is -0.347 e. The Hall–Kier alpha value is -0.260. The minimum atomic E-state index is -0.345. The summed E-state index contributed by atoms with van der Waals surface area (Å²) in [5.74, 6) is -0.345. The van der Waals surface area contributed by atoms with Crippen LogP contribution in [0.2, 0.25) is 5.02 Å². The maximum atomic E-state index is 6.10. The number of rotatable bonds is 4. The van der Waals surface area contributed by atoms with Crippen LogP contribution in [0.5, 0.6) is 0 Å². The maximum absolute atomic E-state index is 6.10. The summed E-state index contributed by atoms with van der Waals surface area (Å²) in [6.07, 6.45) is 3.01. The van der Waals surface area contributed by atoms with Crippen LogP contribution in [0.3, 0.4) is 0 Å². The van der Waals surface area contributed by atoms with Crippen molar-refractivity contribution < 1.29 is 9.47 Å². The quantitative estimate of drug-likeness (QED) is 0.913. The van der Waals surface area contributed by atoms with Gasteiger partial charge in [0.2, 0.25) is 0 Å². The van der Waals surface area contributed by atoms with E-state index in [1.54, 1.807) is 0 Å². The van der Waals surface area contributed by atoms with Crippen LogP contribution in [-0.4, -0.2) is 36.8 Å². The summed E-state index contributed by atoms with van der Waals surface area (Å²) in [6.45, 7) is 4.60. The Labute approximate surface area is 135 Å². The van der Waals surface area contributed by atoms with Crippen molar-refractivity contribution in [1.29, 1.82) is 0 Å². The van der Waals surface area contributed by atoms with Gasteiger partial charge in [0.15, 0.2) is 5.79 Å². The maximum Gasteiger partial charge on any atom is 0.169 e. The molecule has 3 nitrogen and oxygen atoms in total. The largest absolute Gasteiger partial charge is 0.347 e. The Morgan fingerprint density at radius 2 is 2.19 bits per heavy atom. The molecule has 1 spiro atoms. The molecule has 3 rings (SSSR count). The summed E-state index contributed by atoms with van der Waals surface area (Å²) >= 11 is 7.98. The molecular weight excluding hydrogens is 306 g/mol. The highest BCUT2D eigenvalue weighted by molar-refractivity contribution is 8.00. The molecule has 2 aliphatic rings. The van der Waals surface area contributed by atoms with Gasteiger partial charge in [0.1, 0.15) is 0 Å². The van der Waals surface area contributed by atoms with Gasteiger partial charge in [-0.15, -0.1) is 11.8 Å². The average Bonchev–Trinajstić information content (AvgIpc) is 2.91. The van der Waals surface area contributed by atoms with Crippen molar-refractivity contribution in [3.63, 3.8) is 0 Å². The van der Waals surface area contributed by atoms with Crippen LogP contribution in [0.4, 0.5) is 0 Å². The molecule has 1 aliphatic heterocycles. The van der Waals surface area contributed by atoms with E-state index in [0.29, 0.717) is 11.3 Å². The molecule has 2 unspecified atom stereocenters. The second-order valence-corrected chi connectivity index (χ2v) is 7.38. The highest BCUT2D eigenvalue weighted by Crippen LogP contribution is 2.42. The van der Waals surface area contributed by atoms with Gasteiger partial charge in [-0.05, 0) is 31.2 Å². The number of ether oxygens (including phenoxy) is 2. The lowest BCUT2D eigenvalue weighted by atomic mass is 9.89. The fourth-order valence-electron chi connectivity index (χ4n) is 3.21. The van der Waals surface area contributed by atoms with E-state index in [2.05, 4.69) is 18.3 Å². The molecule has 5 heteroatoms. The van der Waals surface area contributed by atoms with Crippen molar-refractivity contribution in [1.82, 2.24) is 5.32 Å². The number of hydrogen-bond donors (Lipinski definition) is 1. The third-order valence-corrected chi connectivity index (χ3v) is 5.72. The first-order valence-electron chi connectivity index (χ1n) is 7.64. The van der Waals surface area contributed by atoms with Gasteiger partial charge in [-0.25, -0.2) is 0 Å². The fourth-order valence-corrected chi connectivity index (χ4v) is 4.90. The van der Waals surface area contributed by atoms with Gasteiger partial charge in [-0.2, -0.15) is 0 Å². The first kappa shape index (κ1) is 15.6. The topological polar surface area (TPSA) is 30.5 Å². The van der Waals surface area contributed by atoms with E-state index in [1.165, 1.54) is 4.90 Å². The lowest BCUT2D eigenvalue weighted by molar-refractivity contribution is -0.178. The molecule has 1 saturated heterocycles. The van der Waals surface area contributed by atoms with Crippen LogP contribution >= 0.6 is 23.4 Å². The van der Waals surface area contributed by atoms with Gasteiger partial charge in [0.05, 0.1) is 13.2 Å². The molecule has 116 valence electrons. The van der Waals surface area contributed by atoms with E-state index in [-0.39, 0.29) is 5.79 Å². The third kappa shape index (κ3) is 3.74. The van der Waals surface area contributed by atoms with E-state index in [0.717, 1.165) is 44.0 Å². The second-order valence-electron chi connectivity index (χ2n) is 5.63. The van der Waals surface area contributed by atoms with Gasteiger partial charge in [-0.1, -0.05) is 24.6 Å². The zero-order valence-corrected chi connectivity index (χ0v) is 13.9. The van der Waals surface area contributed by atoms with Gasteiger partial charge in [0.25, 0.3) is 0 Å². The Morgan fingerprint density at radius 1 is 1.38 bits per heavy atom. The van der Waals surface area contributed by atoms with Crippen molar-refractivity contribution in [2.45, 2.75) is 48.2 Å². The Balaban J connectivity index is 1.73. The molecule has 2 fully saturated rings. The van der Waals surface area contributed by atoms with Crippen molar-refractivity contribution in [3.8, 4) is 0 Å². The van der Waals surface area contributed by atoms with E-state index in [4.69, 9.17) is 21.1 Å². The van der Waals surface area contributed by atoms with Crippen molar-refractivity contribution in [3.05, 3.63) is 29.3 Å². The lowest BCUT2D eigenvalue weighted by Gasteiger charge is -2.41. The van der Waals surface area contributed by atoms with Crippen molar-refractivity contribution >= 4 is 23.4 Å². The second kappa shape index (κ2) is 6.88. The summed E-state index contributed by atoms with van der Waals surface area (Å²) in [4.78, 5) is 1.21. The number of nitrogens with one attached hydrogen (secondary N) is 1. The molecule has 1 aromatic rings. The number of benzene rings is 1. The van der Waals surface area contributed by atoms with Gasteiger partial charge >= 0.3 is 0 Å². The molecule has 21 heavy (non-hydrogen) atoms. The van der Waals surface area contributed by atoms with Crippen molar-refractivity contribution in [2.75, 3.05) is 19.8 Å². The van der Waals surface area contributed by atoms with Gasteiger partial charge in [0, 0.05) is 34.1 Å². The number of thioether (sulfide) groups is 1. The monoisotopic (exact) mass is 327 g/mol. The summed E-state index contributed by atoms with van der Waals surface area (Å²) in [7, 11) is 0. The molecular formula is C16H22ClNO2S. The molecule has 0 bridgehead atoms. The fraction of sp³-hybridized carbons (Fsp3) is 0.625. The predicted octanol–water partition coefficient (Wildman–Crippen LogP) is 3.71. The van der Waals surface area contributed by atoms with E-state index < -0.39 is 0 Å². The first-order chi connectivity index (χ1) is 10.2.